The minimum absolute atomic E-state index is 0.101. The van der Waals surface area contributed by atoms with E-state index in [-0.39, 0.29) is 5.91 Å². The molecular formula is C21H24N4O4. The molecule has 0 unspecified atom stereocenters. The van der Waals surface area contributed by atoms with Gasteiger partial charge in [0.2, 0.25) is 11.8 Å². The number of rotatable bonds is 6. The summed E-state index contributed by atoms with van der Waals surface area (Å²) in [5.41, 5.74) is 1.84. The number of hydrogen-bond donors (Lipinski definition) is 0. The monoisotopic (exact) mass is 396 g/mol. The minimum Gasteiger partial charge on any atom is -0.495 e. The van der Waals surface area contributed by atoms with Gasteiger partial charge in [0.1, 0.15) is 11.5 Å². The smallest absolute Gasteiger partial charge is 0.251 e. The van der Waals surface area contributed by atoms with Crippen LogP contribution in [-0.4, -0.2) is 54.3 Å². The van der Waals surface area contributed by atoms with Gasteiger partial charge in [-0.25, -0.2) is 0 Å². The second-order valence-electron chi connectivity index (χ2n) is 6.93. The molecule has 8 heteroatoms. The Hall–Kier alpha value is -3.29. The molecule has 0 bridgehead atoms. The summed E-state index contributed by atoms with van der Waals surface area (Å²) in [6.45, 7) is 4.75. The lowest BCUT2D eigenvalue weighted by atomic mass is 10.2. The quantitative estimate of drug-likeness (QED) is 0.633. The molecule has 0 radical (unpaired) electrons. The fraction of sp³-hybridized carbons (Fsp3) is 0.381. The van der Waals surface area contributed by atoms with E-state index in [0.29, 0.717) is 37.7 Å². The zero-order valence-electron chi connectivity index (χ0n) is 16.6. The molecule has 0 saturated carbocycles. The highest BCUT2D eigenvalue weighted by molar-refractivity contribution is 5.76. The van der Waals surface area contributed by atoms with E-state index in [2.05, 4.69) is 15.1 Å². The van der Waals surface area contributed by atoms with Crippen molar-refractivity contribution in [1.29, 1.82) is 0 Å². The Balaban J connectivity index is 1.29. The van der Waals surface area contributed by atoms with Crippen LogP contribution in [0.25, 0.3) is 11.5 Å². The molecule has 3 aromatic rings. The standard InChI is InChI=1S/C21H24N4O4/c1-15-16(9-14-28-15)21-23-22-19(29-21)7-8-20(26)25-12-10-24(11-13-25)17-5-3-4-6-18(17)27-2/h3-6,9,14H,7-8,10-13H2,1-2H3. The number of amides is 1. The molecule has 0 spiro atoms. The van der Waals surface area contributed by atoms with E-state index in [4.69, 9.17) is 13.6 Å². The summed E-state index contributed by atoms with van der Waals surface area (Å²) >= 11 is 0. The van der Waals surface area contributed by atoms with E-state index in [1.54, 1.807) is 19.4 Å². The summed E-state index contributed by atoms with van der Waals surface area (Å²) in [6.07, 6.45) is 2.36. The number of carbonyl (C=O) groups excluding carboxylic acids is 1. The van der Waals surface area contributed by atoms with Gasteiger partial charge in [-0.05, 0) is 25.1 Å². The number of furan rings is 1. The van der Waals surface area contributed by atoms with E-state index in [0.717, 1.165) is 35.9 Å². The number of nitrogens with zero attached hydrogens (tertiary/aromatic N) is 4. The van der Waals surface area contributed by atoms with Crippen LogP contribution in [0.15, 0.2) is 45.4 Å². The normalized spacial score (nSPS) is 14.3. The average Bonchev–Trinajstić information content (AvgIpc) is 3.40. The van der Waals surface area contributed by atoms with Crippen LogP contribution in [0, 0.1) is 6.92 Å². The third kappa shape index (κ3) is 4.11. The number of anilines is 1. The Morgan fingerprint density at radius 1 is 1.14 bits per heavy atom. The van der Waals surface area contributed by atoms with E-state index in [1.807, 2.05) is 36.1 Å². The highest BCUT2D eigenvalue weighted by Gasteiger charge is 2.23. The van der Waals surface area contributed by atoms with Crippen LogP contribution in [0.2, 0.25) is 0 Å². The number of aryl methyl sites for hydroxylation is 2. The molecule has 1 aliphatic rings. The molecule has 3 heterocycles. The maximum absolute atomic E-state index is 12.6. The Labute approximate surface area is 169 Å². The lowest BCUT2D eigenvalue weighted by molar-refractivity contribution is -0.131. The van der Waals surface area contributed by atoms with Gasteiger partial charge in [-0.15, -0.1) is 10.2 Å². The van der Waals surface area contributed by atoms with Crippen molar-refractivity contribution >= 4 is 11.6 Å². The molecule has 29 heavy (non-hydrogen) atoms. The van der Waals surface area contributed by atoms with Crippen LogP contribution in [0.4, 0.5) is 5.69 Å². The number of aromatic nitrogens is 2. The molecule has 1 amide bonds. The molecular weight excluding hydrogens is 372 g/mol. The van der Waals surface area contributed by atoms with Crippen molar-refractivity contribution in [3.05, 3.63) is 48.2 Å². The van der Waals surface area contributed by atoms with Crippen molar-refractivity contribution < 1.29 is 18.4 Å². The lowest BCUT2D eigenvalue weighted by Gasteiger charge is -2.36. The first-order valence-corrected chi connectivity index (χ1v) is 9.68. The van der Waals surface area contributed by atoms with Crippen LogP contribution < -0.4 is 9.64 Å². The van der Waals surface area contributed by atoms with Crippen LogP contribution in [-0.2, 0) is 11.2 Å². The van der Waals surface area contributed by atoms with E-state index in [9.17, 15) is 4.79 Å². The summed E-state index contributed by atoms with van der Waals surface area (Å²) in [6, 6.07) is 9.75. The second-order valence-corrected chi connectivity index (χ2v) is 6.93. The molecule has 4 rings (SSSR count). The molecule has 1 saturated heterocycles. The molecule has 1 fully saturated rings. The number of hydrogen-bond acceptors (Lipinski definition) is 7. The van der Waals surface area contributed by atoms with Crippen LogP contribution in [0.1, 0.15) is 18.1 Å². The summed E-state index contributed by atoms with van der Waals surface area (Å²) in [7, 11) is 1.68. The lowest BCUT2D eigenvalue weighted by Crippen LogP contribution is -2.48. The number of para-hydroxylation sites is 2. The Kier molecular flexibility index (Phi) is 5.50. The molecule has 2 aromatic heterocycles. The van der Waals surface area contributed by atoms with Gasteiger partial charge in [0, 0.05) is 39.0 Å². The maximum Gasteiger partial charge on any atom is 0.251 e. The first-order valence-electron chi connectivity index (χ1n) is 9.68. The Morgan fingerprint density at radius 2 is 1.93 bits per heavy atom. The zero-order chi connectivity index (χ0) is 20.2. The minimum atomic E-state index is 0.101. The van der Waals surface area contributed by atoms with Crippen LogP contribution in [0.3, 0.4) is 0 Å². The highest BCUT2D eigenvalue weighted by atomic mass is 16.5. The average molecular weight is 396 g/mol. The SMILES string of the molecule is COc1ccccc1N1CCN(C(=O)CCc2nnc(-c3ccoc3C)o2)CC1. The van der Waals surface area contributed by atoms with Gasteiger partial charge >= 0.3 is 0 Å². The summed E-state index contributed by atoms with van der Waals surface area (Å²) < 4.78 is 16.4. The van der Waals surface area contributed by atoms with Crippen LogP contribution in [0.5, 0.6) is 5.75 Å². The van der Waals surface area contributed by atoms with Gasteiger partial charge in [0.05, 0.1) is 24.6 Å². The molecule has 0 atom stereocenters. The Morgan fingerprint density at radius 3 is 2.66 bits per heavy atom. The number of carbonyl (C=O) groups is 1. The van der Waals surface area contributed by atoms with E-state index >= 15 is 0 Å². The van der Waals surface area contributed by atoms with E-state index < -0.39 is 0 Å². The van der Waals surface area contributed by atoms with E-state index in [1.165, 1.54) is 0 Å². The van der Waals surface area contributed by atoms with Crippen molar-refractivity contribution in [2.45, 2.75) is 19.8 Å². The molecule has 8 nitrogen and oxygen atoms in total. The van der Waals surface area contributed by atoms with Crippen molar-refractivity contribution in [1.82, 2.24) is 15.1 Å². The zero-order valence-corrected chi connectivity index (χ0v) is 16.6. The van der Waals surface area contributed by atoms with Crippen molar-refractivity contribution in [3.8, 4) is 17.2 Å². The van der Waals surface area contributed by atoms with Gasteiger partial charge in [-0.1, -0.05) is 12.1 Å². The first kappa shape index (κ1) is 19.0. The number of benzene rings is 1. The third-order valence-electron chi connectivity index (χ3n) is 5.17. The fourth-order valence-electron chi connectivity index (χ4n) is 3.53. The second kappa shape index (κ2) is 8.38. The first-order chi connectivity index (χ1) is 14.2. The van der Waals surface area contributed by atoms with Gasteiger partial charge in [-0.3, -0.25) is 4.79 Å². The highest BCUT2D eigenvalue weighted by Crippen LogP contribution is 2.28. The number of piperazine rings is 1. The number of methoxy groups -OCH3 is 1. The van der Waals surface area contributed by atoms with Crippen molar-refractivity contribution in [2.24, 2.45) is 0 Å². The summed E-state index contributed by atoms with van der Waals surface area (Å²) in [4.78, 5) is 16.7. The molecule has 0 N–H and O–H groups in total. The van der Waals surface area contributed by atoms with Gasteiger partial charge < -0.3 is 23.4 Å². The number of ether oxygens (including phenoxy) is 1. The van der Waals surface area contributed by atoms with Crippen LogP contribution >= 0.6 is 0 Å². The fourth-order valence-corrected chi connectivity index (χ4v) is 3.53. The summed E-state index contributed by atoms with van der Waals surface area (Å²) in [5, 5.41) is 8.10. The largest absolute Gasteiger partial charge is 0.495 e. The van der Waals surface area contributed by atoms with Crippen molar-refractivity contribution in [3.63, 3.8) is 0 Å². The third-order valence-corrected chi connectivity index (χ3v) is 5.17. The molecule has 1 aliphatic heterocycles. The van der Waals surface area contributed by atoms with Gasteiger partial charge in [0.25, 0.3) is 5.89 Å². The molecule has 1 aromatic carbocycles. The maximum atomic E-state index is 12.6. The topological polar surface area (TPSA) is 84.8 Å². The molecule has 152 valence electrons. The predicted molar refractivity (Wildman–Crippen MR) is 107 cm³/mol. The summed E-state index contributed by atoms with van der Waals surface area (Å²) in [5.74, 6) is 2.56. The predicted octanol–water partition coefficient (Wildman–Crippen LogP) is 2.93. The van der Waals surface area contributed by atoms with Crippen molar-refractivity contribution in [2.75, 3.05) is 38.2 Å². The Bertz CT molecular complexity index is 972. The molecule has 0 aliphatic carbocycles. The van der Waals surface area contributed by atoms with Gasteiger partial charge in [-0.2, -0.15) is 0 Å². The van der Waals surface area contributed by atoms with Gasteiger partial charge in [0.15, 0.2) is 0 Å².